The summed E-state index contributed by atoms with van der Waals surface area (Å²) in [5.41, 5.74) is -3.13. The number of nitrogens with zero attached hydrogens (tertiary/aromatic N) is 3. The third-order valence-corrected chi connectivity index (χ3v) is 5.70. The number of carbonyl (C=O) groups excluding carboxylic acids is 2. The van der Waals surface area contributed by atoms with Crippen molar-refractivity contribution < 1.29 is 45.1 Å². The van der Waals surface area contributed by atoms with Crippen LogP contribution in [0.25, 0.3) is 0 Å². The Labute approximate surface area is 219 Å². The van der Waals surface area contributed by atoms with Gasteiger partial charge < -0.3 is 28.8 Å². The zero-order valence-electron chi connectivity index (χ0n) is 21.0. The maximum absolute atomic E-state index is 13.3. The Morgan fingerprint density at radius 2 is 1.64 bits per heavy atom. The van der Waals surface area contributed by atoms with Crippen molar-refractivity contribution in [3.8, 4) is 0 Å². The maximum atomic E-state index is 13.3. The van der Waals surface area contributed by atoms with Crippen LogP contribution in [0, 0.1) is 0 Å². The number of rotatable bonds is 10. The number of benzene rings is 1. The van der Waals surface area contributed by atoms with Crippen LogP contribution in [-0.4, -0.2) is 53.1 Å². The smallest absolute Gasteiger partial charge is 0.416 e. The maximum Gasteiger partial charge on any atom is 0.416 e. The molecule has 3 rings (SSSR count). The number of nitrogens with one attached hydrogen (secondary N) is 1. The summed E-state index contributed by atoms with van der Waals surface area (Å²) in [6, 6.07) is 6.54. The van der Waals surface area contributed by atoms with Crippen molar-refractivity contribution in [2.24, 2.45) is 7.05 Å². The van der Waals surface area contributed by atoms with Crippen molar-refractivity contribution in [2.45, 2.75) is 25.4 Å². The van der Waals surface area contributed by atoms with E-state index in [9.17, 15) is 35.9 Å². The molecule has 1 aromatic carbocycles. The molecule has 0 saturated carbocycles. The first-order chi connectivity index (χ1) is 18.3. The van der Waals surface area contributed by atoms with Gasteiger partial charge >= 0.3 is 18.4 Å². The van der Waals surface area contributed by atoms with Gasteiger partial charge in [-0.3, -0.25) is 4.79 Å². The Hall–Kier alpha value is -3.94. The highest BCUT2D eigenvalue weighted by molar-refractivity contribution is 5.92. The van der Waals surface area contributed by atoms with Crippen LogP contribution in [0.5, 0.6) is 0 Å². The number of aromatic nitrogens is 1. The highest BCUT2D eigenvalue weighted by atomic mass is 19.4. The van der Waals surface area contributed by atoms with Crippen LogP contribution in [0.15, 0.2) is 59.3 Å². The normalized spacial score (nSPS) is 11.9. The fourth-order valence-corrected chi connectivity index (χ4v) is 3.63. The zero-order chi connectivity index (χ0) is 28.8. The molecule has 3 amide bonds. The Bertz CT molecular complexity index is 1220. The molecule has 3 aromatic rings. The lowest BCUT2D eigenvalue weighted by Gasteiger charge is -2.27. The van der Waals surface area contributed by atoms with Gasteiger partial charge in [0.2, 0.25) is 5.91 Å². The summed E-state index contributed by atoms with van der Waals surface area (Å²) in [7, 11) is 3.12. The van der Waals surface area contributed by atoms with E-state index in [4.69, 9.17) is 9.15 Å². The van der Waals surface area contributed by atoms with E-state index in [1.165, 1.54) is 18.3 Å². The minimum atomic E-state index is -5.09. The van der Waals surface area contributed by atoms with Crippen molar-refractivity contribution in [3.05, 3.63) is 77.5 Å². The first kappa shape index (κ1) is 29.6. The molecule has 1 N–H and O–H groups in total. The summed E-state index contributed by atoms with van der Waals surface area (Å²) in [5.74, 6) is -0.0760. The second kappa shape index (κ2) is 12.3. The van der Waals surface area contributed by atoms with Gasteiger partial charge in [0.1, 0.15) is 12.3 Å². The van der Waals surface area contributed by atoms with Gasteiger partial charge in [-0.15, -0.1) is 0 Å². The van der Waals surface area contributed by atoms with Gasteiger partial charge in [0.05, 0.1) is 37.1 Å². The van der Waals surface area contributed by atoms with E-state index in [-0.39, 0.29) is 32.3 Å². The van der Waals surface area contributed by atoms with E-state index < -0.39 is 47.6 Å². The third-order valence-electron chi connectivity index (χ3n) is 5.70. The number of anilines is 1. The molecular weight excluding hydrogens is 534 g/mol. The van der Waals surface area contributed by atoms with Gasteiger partial charge in [-0.2, -0.15) is 26.3 Å². The molecule has 212 valence electrons. The molecular formula is C25H26F6N4O4. The molecule has 0 atom stereocenters. The minimum Gasteiger partial charge on any atom is -0.467 e. The Balaban J connectivity index is 1.84. The molecule has 39 heavy (non-hydrogen) atoms. The summed E-state index contributed by atoms with van der Waals surface area (Å²) < 4.78 is 91.5. The first-order valence-electron chi connectivity index (χ1n) is 11.5. The Morgan fingerprint density at radius 3 is 2.15 bits per heavy atom. The monoisotopic (exact) mass is 560 g/mol. The number of alkyl halides is 6. The van der Waals surface area contributed by atoms with Crippen LogP contribution in [0.2, 0.25) is 0 Å². The summed E-state index contributed by atoms with van der Waals surface area (Å²) in [6.45, 7) is -0.554. The standard InChI is InChI=1S/C25H26F6N4O4/c1-33-7-3-5-20(33)14-35(15-21-6-4-9-39-21)22(36)16-34(8-10-38-2)23(37)32-19-12-17(24(26,27)28)11-18(13-19)25(29,30)31/h3-7,9,11-13H,8,10,14-16H2,1-2H3,(H,32,37). The van der Waals surface area contributed by atoms with Gasteiger partial charge in [-0.1, -0.05) is 0 Å². The van der Waals surface area contributed by atoms with E-state index >= 15 is 0 Å². The minimum absolute atomic E-state index is 0.0437. The van der Waals surface area contributed by atoms with Crippen molar-refractivity contribution in [1.29, 1.82) is 0 Å². The number of hydrogen-bond acceptors (Lipinski definition) is 4. The number of aryl methyl sites for hydroxylation is 1. The van der Waals surface area contributed by atoms with Crippen LogP contribution in [0.3, 0.4) is 0 Å². The number of methoxy groups -OCH3 is 1. The number of urea groups is 1. The van der Waals surface area contributed by atoms with Gasteiger partial charge in [0.15, 0.2) is 0 Å². The Kier molecular flexibility index (Phi) is 9.32. The van der Waals surface area contributed by atoms with Gasteiger partial charge in [0, 0.05) is 38.3 Å². The molecule has 2 aromatic heterocycles. The van der Waals surface area contributed by atoms with Crippen LogP contribution in [0.4, 0.5) is 36.8 Å². The number of amides is 3. The summed E-state index contributed by atoms with van der Waals surface area (Å²) in [5, 5.41) is 2.06. The number of carbonyl (C=O) groups is 2. The quantitative estimate of drug-likeness (QED) is 0.339. The molecule has 0 aliphatic carbocycles. The molecule has 0 saturated heterocycles. The van der Waals surface area contributed by atoms with Crippen molar-refractivity contribution in [1.82, 2.24) is 14.4 Å². The van der Waals surface area contributed by atoms with Gasteiger partial charge in [-0.05, 0) is 42.5 Å². The average molecular weight is 560 g/mol. The zero-order valence-corrected chi connectivity index (χ0v) is 21.0. The second-order valence-electron chi connectivity index (χ2n) is 8.58. The van der Waals surface area contributed by atoms with E-state index in [2.05, 4.69) is 5.32 Å². The molecule has 0 unspecified atom stereocenters. The van der Waals surface area contributed by atoms with E-state index in [0.717, 1.165) is 10.6 Å². The molecule has 2 heterocycles. The second-order valence-corrected chi connectivity index (χ2v) is 8.58. The molecule has 8 nitrogen and oxygen atoms in total. The summed E-state index contributed by atoms with van der Waals surface area (Å²) in [4.78, 5) is 28.7. The molecule has 0 radical (unpaired) electrons. The van der Waals surface area contributed by atoms with E-state index in [1.54, 1.807) is 42.1 Å². The van der Waals surface area contributed by atoms with Crippen LogP contribution in [-0.2, 0) is 42.0 Å². The number of furan rings is 1. The molecule has 0 aliphatic heterocycles. The van der Waals surface area contributed by atoms with Crippen LogP contribution in [0.1, 0.15) is 22.6 Å². The lowest BCUT2D eigenvalue weighted by molar-refractivity contribution is -0.143. The number of halogens is 6. The largest absolute Gasteiger partial charge is 0.467 e. The van der Waals surface area contributed by atoms with Crippen molar-refractivity contribution in [3.63, 3.8) is 0 Å². The van der Waals surface area contributed by atoms with Crippen LogP contribution < -0.4 is 5.32 Å². The molecule has 0 bridgehead atoms. The van der Waals surface area contributed by atoms with Crippen LogP contribution >= 0.6 is 0 Å². The highest BCUT2D eigenvalue weighted by Gasteiger charge is 2.37. The topological polar surface area (TPSA) is 80.0 Å². The van der Waals surface area contributed by atoms with Gasteiger partial charge in [0.25, 0.3) is 0 Å². The Morgan fingerprint density at radius 1 is 0.974 bits per heavy atom. The highest BCUT2D eigenvalue weighted by Crippen LogP contribution is 2.37. The average Bonchev–Trinajstić information content (AvgIpc) is 3.51. The number of hydrogen-bond donors (Lipinski definition) is 1. The lowest BCUT2D eigenvalue weighted by atomic mass is 10.1. The molecule has 0 aliphatic rings. The number of ether oxygens (including phenoxy) is 1. The third kappa shape index (κ3) is 8.27. The fourth-order valence-electron chi connectivity index (χ4n) is 3.63. The predicted octanol–water partition coefficient (Wildman–Crippen LogP) is 5.37. The molecule has 0 fully saturated rings. The van der Waals surface area contributed by atoms with E-state index in [1.807, 2.05) is 0 Å². The lowest BCUT2D eigenvalue weighted by Crippen LogP contribution is -2.45. The molecule has 14 heteroatoms. The fraction of sp³-hybridized carbons (Fsp3) is 0.360. The van der Waals surface area contributed by atoms with E-state index in [0.29, 0.717) is 17.9 Å². The summed E-state index contributed by atoms with van der Waals surface area (Å²) in [6.07, 6.45) is -6.96. The first-order valence-corrected chi connectivity index (χ1v) is 11.5. The summed E-state index contributed by atoms with van der Waals surface area (Å²) >= 11 is 0. The molecule has 0 spiro atoms. The predicted molar refractivity (Wildman–Crippen MR) is 127 cm³/mol. The SMILES string of the molecule is COCCN(CC(=O)N(Cc1ccco1)Cc1cccn1C)C(=O)Nc1cc(C(F)(F)F)cc(C(F)(F)F)c1. The van der Waals surface area contributed by atoms with Crippen molar-refractivity contribution >= 4 is 17.6 Å². The van der Waals surface area contributed by atoms with Crippen molar-refractivity contribution in [2.75, 3.05) is 32.1 Å². The van der Waals surface area contributed by atoms with Gasteiger partial charge in [-0.25, -0.2) is 4.79 Å².